The number of aromatic nitrogens is 1. The molecule has 0 aliphatic heterocycles. The fraction of sp³-hybridized carbons (Fsp3) is 0.400. The van der Waals surface area contributed by atoms with E-state index in [0.717, 1.165) is 36.4 Å². The second-order valence-corrected chi connectivity index (χ2v) is 7.55. The summed E-state index contributed by atoms with van der Waals surface area (Å²) >= 11 is 1.60. The second-order valence-electron chi connectivity index (χ2n) is 6.49. The van der Waals surface area contributed by atoms with Crippen LogP contribution in [0.25, 0.3) is 6.08 Å². The van der Waals surface area contributed by atoms with E-state index in [0.29, 0.717) is 12.0 Å². The van der Waals surface area contributed by atoms with E-state index in [-0.39, 0.29) is 5.91 Å². The van der Waals surface area contributed by atoms with Gasteiger partial charge in [-0.2, -0.15) is 0 Å². The second kappa shape index (κ2) is 7.75. The summed E-state index contributed by atoms with van der Waals surface area (Å²) in [4.78, 5) is 18.6. The first-order valence-electron chi connectivity index (χ1n) is 8.55. The lowest BCUT2D eigenvalue weighted by atomic mass is 9.81. The molecule has 0 atom stereocenters. The molecule has 1 saturated carbocycles. The van der Waals surface area contributed by atoms with Crippen LogP contribution in [0.5, 0.6) is 0 Å². The first kappa shape index (κ1) is 16.9. The maximum atomic E-state index is 12.4. The molecule has 0 spiro atoms. The number of hydrogen-bond donors (Lipinski definition) is 0. The van der Waals surface area contributed by atoms with E-state index in [1.807, 2.05) is 30.3 Å². The normalized spacial score (nSPS) is 21.1. The molecule has 3 rings (SSSR count). The monoisotopic (exact) mass is 340 g/mol. The molecule has 0 bridgehead atoms. The van der Waals surface area contributed by atoms with Crippen molar-refractivity contribution in [1.82, 2.24) is 9.88 Å². The Morgan fingerprint density at radius 1 is 1.21 bits per heavy atom. The summed E-state index contributed by atoms with van der Waals surface area (Å²) in [7, 11) is 1.92. The predicted molar refractivity (Wildman–Crippen MR) is 100 cm³/mol. The maximum absolute atomic E-state index is 12.4. The summed E-state index contributed by atoms with van der Waals surface area (Å²) in [5.74, 6) is 0.711. The number of rotatable bonds is 4. The van der Waals surface area contributed by atoms with Gasteiger partial charge in [0.15, 0.2) is 0 Å². The molecule has 1 fully saturated rings. The molecule has 3 nitrogen and oxygen atoms in total. The number of likely N-dealkylation sites (N-methyl/N-ethyl adjacent to an activating group) is 1. The smallest absolute Gasteiger partial charge is 0.246 e. The Labute approximate surface area is 148 Å². The van der Waals surface area contributed by atoms with Crippen molar-refractivity contribution in [2.75, 3.05) is 7.05 Å². The molecule has 4 heteroatoms. The number of hydrogen-bond acceptors (Lipinski definition) is 3. The van der Waals surface area contributed by atoms with Gasteiger partial charge in [-0.25, -0.2) is 4.98 Å². The van der Waals surface area contributed by atoms with Crippen LogP contribution in [0.3, 0.4) is 0 Å². The van der Waals surface area contributed by atoms with Gasteiger partial charge in [0.1, 0.15) is 0 Å². The third-order valence-corrected chi connectivity index (χ3v) is 5.69. The molecule has 0 saturated heterocycles. The van der Waals surface area contributed by atoms with Crippen LogP contribution in [-0.2, 0) is 4.79 Å². The van der Waals surface area contributed by atoms with Gasteiger partial charge >= 0.3 is 0 Å². The Morgan fingerprint density at radius 3 is 2.54 bits per heavy atom. The third kappa shape index (κ3) is 4.12. The minimum Gasteiger partial charge on any atom is -0.339 e. The summed E-state index contributed by atoms with van der Waals surface area (Å²) in [6, 6.07) is 11.1. The SMILES string of the molecule is Cc1nc(/C=C/C(=O)N(C)C2CCC(c3ccccc3)CC2)cs1. The van der Waals surface area contributed by atoms with Crippen LogP contribution < -0.4 is 0 Å². The highest BCUT2D eigenvalue weighted by atomic mass is 32.1. The molecule has 1 heterocycles. The molecular weight excluding hydrogens is 316 g/mol. The Hall–Kier alpha value is -1.94. The van der Waals surface area contributed by atoms with Crippen LogP contribution in [0.2, 0.25) is 0 Å². The highest BCUT2D eigenvalue weighted by Gasteiger charge is 2.26. The largest absolute Gasteiger partial charge is 0.339 e. The van der Waals surface area contributed by atoms with Crippen molar-refractivity contribution in [3.63, 3.8) is 0 Å². The Bertz CT molecular complexity index is 699. The first-order valence-corrected chi connectivity index (χ1v) is 9.43. The number of benzene rings is 1. The topological polar surface area (TPSA) is 33.2 Å². The summed E-state index contributed by atoms with van der Waals surface area (Å²) in [6.07, 6.45) is 7.93. The number of amides is 1. The Kier molecular flexibility index (Phi) is 5.46. The quantitative estimate of drug-likeness (QED) is 0.759. The predicted octanol–water partition coefficient (Wildman–Crippen LogP) is 4.65. The molecule has 0 radical (unpaired) electrons. The van der Waals surface area contributed by atoms with Crippen LogP contribution in [0.15, 0.2) is 41.8 Å². The average molecular weight is 340 g/mol. The molecule has 1 amide bonds. The van der Waals surface area contributed by atoms with Crippen LogP contribution in [0, 0.1) is 6.92 Å². The first-order chi connectivity index (χ1) is 11.6. The van der Waals surface area contributed by atoms with E-state index in [2.05, 4.69) is 35.3 Å². The Balaban J connectivity index is 1.53. The highest BCUT2D eigenvalue weighted by molar-refractivity contribution is 7.09. The van der Waals surface area contributed by atoms with Gasteiger partial charge in [-0.1, -0.05) is 30.3 Å². The van der Waals surface area contributed by atoms with Crippen LogP contribution in [-0.4, -0.2) is 28.9 Å². The van der Waals surface area contributed by atoms with Crippen molar-refractivity contribution in [2.45, 2.75) is 44.6 Å². The molecule has 126 valence electrons. The van der Waals surface area contributed by atoms with Crippen molar-refractivity contribution in [2.24, 2.45) is 0 Å². The van der Waals surface area contributed by atoms with Crippen LogP contribution in [0.1, 0.15) is 47.9 Å². The van der Waals surface area contributed by atoms with E-state index >= 15 is 0 Å². The van der Waals surface area contributed by atoms with Gasteiger partial charge in [0.05, 0.1) is 10.7 Å². The maximum Gasteiger partial charge on any atom is 0.246 e. The highest BCUT2D eigenvalue weighted by Crippen LogP contribution is 2.34. The third-order valence-electron chi connectivity index (χ3n) is 4.90. The van der Waals surface area contributed by atoms with Gasteiger partial charge in [0.2, 0.25) is 5.91 Å². The van der Waals surface area contributed by atoms with Gasteiger partial charge in [0, 0.05) is 24.5 Å². The number of nitrogens with zero attached hydrogens (tertiary/aromatic N) is 2. The fourth-order valence-electron chi connectivity index (χ4n) is 3.43. The van der Waals surface area contributed by atoms with Gasteiger partial charge in [-0.15, -0.1) is 11.3 Å². The van der Waals surface area contributed by atoms with Crippen molar-refractivity contribution in [3.8, 4) is 0 Å². The summed E-state index contributed by atoms with van der Waals surface area (Å²) in [5, 5.41) is 3.00. The van der Waals surface area contributed by atoms with E-state index in [4.69, 9.17) is 0 Å². The Morgan fingerprint density at radius 2 is 1.92 bits per heavy atom. The molecule has 24 heavy (non-hydrogen) atoms. The van der Waals surface area contributed by atoms with Crippen molar-refractivity contribution in [3.05, 3.63) is 58.1 Å². The lowest BCUT2D eigenvalue weighted by Gasteiger charge is -2.34. The van der Waals surface area contributed by atoms with Crippen molar-refractivity contribution in [1.29, 1.82) is 0 Å². The summed E-state index contributed by atoms with van der Waals surface area (Å²) in [6.45, 7) is 1.97. The van der Waals surface area contributed by atoms with Gasteiger partial charge < -0.3 is 4.90 Å². The van der Waals surface area contributed by atoms with Crippen LogP contribution >= 0.6 is 11.3 Å². The number of carbonyl (C=O) groups excluding carboxylic acids is 1. The van der Waals surface area contributed by atoms with E-state index in [1.165, 1.54) is 5.56 Å². The standard InChI is InChI=1S/C20H24N2OS/c1-15-21-18(14-24-15)10-13-20(23)22(2)19-11-8-17(9-12-19)16-6-4-3-5-7-16/h3-7,10,13-14,17,19H,8-9,11-12H2,1-2H3/b13-10+. The zero-order valence-corrected chi connectivity index (χ0v) is 15.1. The molecule has 0 unspecified atom stereocenters. The number of aryl methyl sites for hydroxylation is 1. The minimum absolute atomic E-state index is 0.0730. The molecule has 1 aromatic heterocycles. The lowest BCUT2D eigenvalue weighted by molar-refractivity contribution is -0.127. The van der Waals surface area contributed by atoms with Crippen molar-refractivity contribution < 1.29 is 4.79 Å². The van der Waals surface area contributed by atoms with E-state index in [9.17, 15) is 4.79 Å². The zero-order chi connectivity index (χ0) is 16.9. The number of thiazole rings is 1. The van der Waals surface area contributed by atoms with Crippen molar-refractivity contribution >= 4 is 23.3 Å². The van der Waals surface area contributed by atoms with Gasteiger partial charge in [-0.05, 0) is 50.2 Å². The molecule has 1 aliphatic carbocycles. The average Bonchev–Trinajstić information content (AvgIpc) is 3.05. The molecule has 1 aliphatic rings. The molecule has 0 N–H and O–H groups in total. The summed E-state index contributed by atoms with van der Waals surface area (Å²) < 4.78 is 0. The van der Waals surface area contributed by atoms with Gasteiger partial charge in [-0.3, -0.25) is 4.79 Å². The van der Waals surface area contributed by atoms with E-state index in [1.54, 1.807) is 17.4 Å². The fourth-order valence-corrected chi connectivity index (χ4v) is 4.01. The minimum atomic E-state index is 0.0730. The lowest BCUT2D eigenvalue weighted by Crippen LogP contribution is -2.38. The number of carbonyl (C=O) groups is 1. The molecule has 1 aromatic carbocycles. The molecular formula is C20H24N2OS. The zero-order valence-electron chi connectivity index (χ0n) is 14.3. The van der Waals surface area contributed by atoms with E-state index < -0.39 is 0 Å². The van der Waals surface area contributed by atoms with Crippen LogP contribution in [0.4, 0.5) is 0 Å². The van der Waals surface area contributed by atoms with Gasteiger partial charge in [0.25, 0.3) is 0 Å². The molecule has 2 aromatic rings. The summed E-state index contributed by atoms with van der Waals surface area (Å²) in [5.41, 5.74) is 2.30.